The number of para-hydroxylation sites is 1. The Kier molecular flexibility index (Phi) is 2.56. The summed E-state index contributed by atoms with van der Waals surface area (Å²) in [7, 11) is 0. The molecule has 0 saturated heterocycles. The molecule has 0 aromatic heterocycles. The standard InChI is InChI=1S/C10H11N.HI/c1-10(2)7-11-9-6-4-3-5-8(9)10;/h3-7H,1-2H3;1H. The number of aliphatic imine (C=N–C) groups is 1. The zero-order valence-electron chi connectivity index (χ0n) is 7.24. The summed E-state index contributed by atoms with van der Waals surface area (Å²) in [5.74, 6) is 0. The molecule has 0 atom stereocenters. The van der Waals surface area contributed by atoms with Crippen molar-refractivity contribution in [1.29, 1.82) is 0 Å². The summed E-state index contributed by atoms with van der Waals surface area (Å²) in [6.07, 6.45) is 2.01. The van der Waals surface area contributed by atoms with Gasteiger partial charge in [0.25, 0.3) is 0 Å². The molecule has 1 aromatic rings. The Balaban J connectivity index is 0.000000720. The summed E-state index contributed by atoms with van der Waals surface area (Å²) in [5.41, 5.74) is 2.59. The summed E-state index contributed by atoms with van der Waals surface area (Å²) in [6.45, 7) is 4.37. The molecule has 0 radical (unpaired) electrons. The van der Waals surface area contributed by atoms with Crippen LogP contribution in [0.4, 0.5) is 5.69 Å². The lowest BCUT2D eigenvalue weighted by molar-refractivity contribution is 0.753. The number of benzene rings is 1. The highest BCUT2D eigenvalue weighted by Crippen LogP contribution is 2.35. The molecule has 1 aromatic carbocycles. The normalized spacial score (nSPS) is 16.8. The van der Waals surface area contributed by atoms with Crippen LogP contribution < -0.4 is 0 Å². The van der Waals surface area contributed by atoms with E-state index in [9.17, 15) is 0 Å². The van der Waals surface area contributed by atoms with Gasteiger partial charge < -0.3 is 0 Å². The molecule has 0 saturated carbocycles. The van der Waals surface area contributed by atoms with Gasteiger partial charge in [-0.3, -0.25) is 4.99 Å². The first-order valence-electron chi connectivity index (χ1n) is 3.85. The Bertz CT molecular complexity index is 315. The Morgan fingerprint density at radius 3 is 2.50 bits per heavy atom. The second-order valence-corrected chi connectivity index (χ2v) is 3.50. The van der Waals surface area contributed by atoms with Crippen LogP contribution >= 0.6 is 24.0 Å². The summed E-state index contributed by atoms with van der Waals surface area (Å²) in [5, 5.41) is 0. The Labute approximate surface area is 89.9 Å². The number of fused-ring (bicyclic) bond motifs is 1. The number of nitrogens with zero attached hydrogens (tertiary/aromatic N) is 1. The maximum absolute atomic E-state index is 4.33. The van der Waals surface area contributed by atoms with Crippen molar-refractivity contribution in [1.82, 2.24) is 0 Å². The van der Waals surface area contributed by atoms with Crippen LogP contribution in [-0.2, 0) is 5.41 Å². The van der Waals surface area contributed by atoms with E-state index < -0.39 is 0 Å². The highest BCUT2D eigenvalue weighted by Gasteiger charge is 2.25. The van der Waals surface area contributed by atoms with E-state index in [1.165, 1.54) is 5.56 Å². The van der Waals surface area contributed by atoms with Crippen LogP contribution in [0.3, 0.4) is 0 Å². The number of hydrogen-bond donors (Lipinski definition) is 0. The highest BCUT2D eigenvalue weighted by atomic mass is 127. The van der Waals surface area contributed by atoms with E-state index in [4.69, 9.17) is 0 Å². The van der Waals surface area contributed by atoms with E-state index in [1.807, 2.05) is 12.3 Å². The third-order valence-electron chi connectivity index (χ3n) is 2.12. The van der Waals surface area contributed by atoms with Gasteiger partial charge in [0.15, 0.2) is 0 Å². The largest absolute Gasteiger partial charge is 0.260 e. The molecular weight excluding hydrogens is 261 g/mol. The topological polar surface area (TPSA) is 12.4 Å². The molecule has 2 heteroatoms. The first-order chi connectivity index (χ1) is 5.20. The SMILES string of the molecule is CC1(C)C=Nc2ccccc21.I. The van der Waals surface area contributed by atoms with Gasteiger partial charge in [-0.25, -0.2) is 0 Å². The van der Waals surface area contributed by atoms with Crippen LogP contribution in [-0.4, -0.2) is 6.21 Å². The second-order valence-electron chi connectivity index (χ2n) is 3.50. The average molecular weight is 273 g/mol. The van der Waals surface area contributed by atoms with Crippen LogP contribution in [0.5, 0.6) is 0 Å². The minimum Gasteiger partial charge on any atom is -0.260 e. The fraction of sp³-hybridized carbons (Fsp3) is 0.300. The van der Waals surface area contributed by atoms with Crippen molar-refractivity contribution in [2.45, 2.75) is 19.3 Å². The van der Waals surface area contributed by atoms with Gasteiger partial charge in [0.1, 0.15) is 0 Å². The average Bonchev–Trinajstić information content (AvgIpc) is 2.29. The summed E-state index contributed by atoms with van der Waals surface area (Å²) >= 11 is 0. The van der Waals surface area contributed by atoms with Gasteiger partial charge in [0, 0.05) is 11.6 Å². The fourth-order valence-corrected chi connectivity index (χ4v) is 1.43. The Morgan fingerprint density at radius 1 is 1.17 bits per heavy atom. The van der Waals surface area contributed by atoms with Crippen molar-refractivity contribution in [3.63, 3.8) is 0 Å². The van der Waals surface area contributed by atoms with E-state index in [2.05, 4.69) is 37.0 Å². The molecule has 0 aliphatic carbocycles. The third-order valence-corrected chi connectivity index (χ3v) is 2.12. The lowest BCUT2D eigenvalue weighted by atomic mass is 9.87. The molecule has 2 rings (SSSR count). The van der Waals surface area contributed by atoms with Gasteiger partial charge in [0.05, 0.1) is 5.69 Å². The molecular formula is C10H12IN. The molecule has 0 amide bonds. The van der Waals surface area contributed by atoms with Gasteiger partial charge in [-0.05, 0) is 11.6 Å². The van der Waals surface area contributed by atoms with Crippen LogP contribution in [0.2, 0.25) is 0 Å². The van der Waals surface area contributed by atoms with E-state index in [0.717, 1.165) is 5.69 Å². The highest BCUT2D eigenvalue weighted by molar-refractivity contribution is 14.0. The van der Waals surface area contributed by atoms with Crippen molar-refractivity contribution >= 4 is 35.9 Å². The van der Waals surface area contributed by atoms with E-state index in [1.54, 1.807) is 0 Å². The number of halogens is 1. The molecule has 0 spiro atoms. The van der Waals surface area contributed by atoms with Gasteiger partial charge >= 0.3 is 0 Å². The van der Waals surface area contributed by atoms with Gasteiger partial charge in [0.2, 0.25) is 0 Å². The van der Waals surface area contributed by atoms with E-state index in [-0.39, 0.29) is 29.4 Å². The molecule has 12 heavy (non-hydrogen) atoms. The molecule has 1 heterocycles. The van der Waals surface area contributed by atoms with Crippen molar-refractivity contribution < 1.29 is 0 Å². The monoisotopic (exact) mass is 273 g/mol. The number of rotatable bonds is 0. The molecule has 1 aliphatic rings. The minimum absolute atomic E-state index is 0. The predicted octanol–water partition coefficient (Wildman–Crippen LogP) is 3.30. The van der Waals surface area contributed by atoms with Crippen molar-refractivity contribution in [2.24, 2.45) is 4.99 Å². The molecule has 1 nitrogen and oxygen atoms in total. The zero-order valence-corrected chi connectivity index (χ0v) is 9.57. The molecule has 0 unspecified atom stereocenters. The van der Waals surface area contributed by atoms with Crippen molar-refractivity contribution in [2.75, 3.05) is 0 Å². The van der Waals surface area contributed by atoms with E-state index in [0.29, 0.717) is 0 Å². The van der Waals surface area contributed by atoms with Gasteiger partial charge in [-0.1, -0.05) is 32.0 Å². The van der Waals surface area contributed by atoms with Gasteiger partial charge in [-0.2, -0.15) is 0 Å². The molecule has 0 bridgehead atoms. The maximum atomic E-state index is 4.33. The van der Waals surface area contributed by atoms with E-state index >= 15 is 0 Å². The predicted molar refractivity (Wildman–Crippen MR) is 63.0 cm³/mol. The molecule has 0 fully saturated rings. The fourth-order valence-electron chi connectivity index (χ4n) is 1.43. The quantitative estimate of drug-likeness (QED) is 0.643. The molecule has 1 aliphatic heterocycles. The minimum atomic E-state index is 0. The van der Waals surface area contributed by atoms with Crippen LogP contribution in [0, 0.1) is 0 Å². The Morgan fingerprint density at radius 2 is 1.83 bits per heavy atom. The summed E-state index contributed by atoms with van der Waals surface area (Å²) in [6, 6.07) is 8.29. The summed E-state index contributed by atoms with van der Waals surface area (Å²) in [4.78, 5) is 4.33. The van der Waals surface area contributed by atoms with Crippen LogP contribution in [0.25, 0.3) is 0 Å². The lowest BCUT2D eigenvalue weighted by Crippen LogP contribution is -2.14. The lowest BCUT2D eigenvalue weighted by Gasteiger charge is -2.14. The second kappa shape index (κ2) is 3.17. The van der Waals surface area contributed by atoms with Crippen LogP contribution in [0.1, 0.15) is 19.4 Å². The number of hydrogen-bond acceptors (Lipinski definition) is 1. The first-order valence-corrected chi connectivity index (χ1v) is 3.85. The smallest absolute Gasteiger partial charge is 0.0667 e. The zero-order chi connectivity index (χ0) is 7.90. The van der Waals surface area contributed by atoms with Crippen molar-refractivity contribution in [3.05, 3.63) is 29.8 Å². The van der Waals surface area contributed by atoms with Crippen LogP contribution in [0.15, 0.2) is 29.3 Å². The third kappa shape index (κ3) is 1.40. The Hall–Kier alpha value is -0.380. The molecule has 0 N–H and O–H groups in total. The molecule has 64 valence electrons. The van der Waals surface area contributed by atoms with Crippen molar-refractivity contribution in [3.8, 4) is 0 Å². The summed E-state index contributed by atoms with van der Waals surface area (Å²) < 4.78 is 0. The van der Waals surface area contributed by atoms with Gasteiger partial charge in [-0.15, -0.1) is 24.0 Å². The maximum Gasteiger partial charge on any atom is 0.0667 e. The first kappa shape index (κ1) is 9.71.